The number of carboxylic acids is 1. The highest BCUT2D eigenvalue weighted by Gasteiger charge is 2.37. The molecule has 3 heterocycles. The molecule has 2 atom stereocenters. The summed E-state index contributed by atoms with van der Waals surface area (Å²) < 4.78 is 1.60. The van der Waals surface area contributed by atoms with Gasteiger partial charge in [-0.2, -0.15) is 5.10 Å². The molecule has 0 saturated carbocycles. The molecular weight excluding hydrogens is 250 g/mol. The molecule has 1 aliphatic heterocycles. The first-order valence-corrected chi connectivity index (χ1v) is 5.88. The largest absolute Gasteiger partial charge is 0.480 e. The molecule has 8 nitrogen and oxygen atoms in total. The van der Waals surface area contributed by atoms with E-state index < -0.39 is 18.1 Å². The van der Waals surface area contributed by atoms with Crippen LogP contribution in [-0.4, -0.2) is 54.6 Å². The van der Waals surface area contributed by atoms with E-state index in [1.807, 2.05) is 0 Å². The molecule has 0 amide bonds. The first-order chi connectivity index (χ1) is 9.08. The fraction of sp³-hybridized carbons (Fsp3) is 0.455. The van der Waals surface area contributed by atoms with Crippen molar-refractivity contribution in [2.24, 2.45) is 7.05 Å². The highest BCUT2D eigenvalue weighted by atomic mass is 16.4. The molecule has 2 unspecified atom stereocenters. The molecule has 2 aromatic heterocycles. The summed E-state index contributed by atoms with van der Waals surface area (Å²) in [5.74, 6) is -0.464. The number of carbonyl (C=O) groups is 1. The Bertz CT molecular complexity index is 640. The molecule has 1 saturated heterocycles. The third kappa shape index (κ3) is 1.80. The van der Waals surface area contributed by atoms with Crippen molar-refractivity contribution in [2.75, 3.05) is 11.4 Å². The first-order valence-electron chi connectivity index (χ1n) is 5.88. The van der Waals surface area contributed by atoms with Crippen molar-refractivity contribution in [1.82, 2.24) is 19.7 Å². The number of fused-ring (bicyclic) bond motifs is 1. The van der Waals surface area contributed by atoms with Crippen LogP contribution in [-0.2, 0) is 11.8 Å². The van der Waals surface area contributed by atoms with Crippen molar-refractivity contribution in [3.8, 4) is 0 Å². The molecule has 2 aromatic rings. The number of carboxylic acid groups (broad SMARTS) is 1. The summed E-state index contributed by atoms with van der Waals surface area (Å²) >= 11 is 0. The van der Waals surface area contributed by atoms with Crippen molar-refractivity contribution >= 4 is 22.8 Å². The molecule has 0 aliphatic carbocycles. The van der Waals surface area contributed by atoms with Gasteiger partial charge in [-0.1, -0.05) is 0 Å². The van der Waals surface area contributed by atoms with Gasteiger partial charge in [-0.3, -0.25) is 4.68 Å². The van der Waals surface area contributed by atoms with E-state index in [1.54, 1.807) is 22.8 Å². The Labute approximate surface area is 108 Å². The Morgan fingerprint density at radius 1 is 1.47 bits per heavy atom. The van der Waals surface area contributed by atoms with Gasteiger partial charge < -0.3 is 15.1 Å². The number of rotatable bonds is 2. The highest BCUT2D eigenvalue weighted by Crippen LogP contribution is 2.29. The monoisotopic (exact) mass is 263 g/mol. The Balaban J connectivity index is 2.11. The fourth-order valence-electron chi connectivity index (χ4n) is 2.46. The Morgan fingerprint density at radius 3 is 3.00 bits per heavy atom. The van der Waals surface area contributed by atoms with Crippen LogP contribution in [0.25, 0.3) is 11.0 Å². The second-order valence-electron chi connectivity index (χ2n) is 4.60. The van der Waals surface area contributed by atoms with Crippen molar-refractivity contribution in [3.63, 3.8) is 0 Å². The zero-order valence-electron chi connectivity index (χ0n) is 10.3. The number of hydrogen-bond donors (Lipinski definition) is 2. The number of aliphatic carboxylic acids is 1. The number of aromatic nitrogens is 4. The molecule has 1 fully saturated rings. The van der Waals surface area contributed by atoms with Gasteiger partial charge in [-0.05, 0) is 0 Å². The Hall–Kier alpha value is -2.22. The molecule has 19 heavy (non-hydrogen) atoms. The van der Waals surface area contributed by atoms with E-state index in [4.69, 9.17) is 0 Å². The van der Waals surface area contributed by atoms with Crippen molar-refractivity contribution in [1.29, 1.82) is 0 Å². The van der Waals surface area contributed by atoms with E-state index in [-0.39, 0.29) is 13.0 Å². The number of aliphatic hydroxyl groups is 1. The van der Waals surface area contributed by atoms with Crippen LogP contribution in [0.15, 0.2) is 12.5 Å². The molecule has 3 rings (SSSR count). The lowest BCUT2D eigenvalue weighted by Crippen LogP contribution is -2.36. The van der Waals surface area contributed by atoms with Gasteiger partial charge in [0.2, 0.25) is 0 Å². The zero-order valence-corrected chi connectivity index (χ0v) is 10.3. The summed E-state index contributed by atoms with van der Waals surface area (Å²) in [6.07, 6.45) is 2.51. The quantitative estimate of drug-likeness (QED) is 0.744. The number of aliphatic hydroxyl groups excluding tert-OH is 1. The topological polar surface area (TPSA) is 104 Å². The zero-order chi connectivity index (χ0) is 13.6. The molecular formula is C11H13N5O3. The van der Waals surface area contributed by atoms with E-state index >= 15 is 0 Å². The lowest BCUT2D eigenvalue weighted by atomic mass is 10.2. The molecule has 100 valence electrons. The van der Waals surface area contributed by atoms with Gasteiger partial charge in [0.1, 0.15) is 18.2 Å². The summed E-state index contributed by atoms with van der Waals surface area (Å²) in [4.78, 5) is 21.1. The smallest absolute Gasteiger partial charge is 0.326 e. The maximum atomic E-state index is 11.3. The first kappa shape index (κ1) is 11.8. The summed E-state index contributed by atoms with van der Waals surface area (Å²) in [5, 5.41) is 23.7. The molecule has 0 aromatic carbocycles. The molecule has 0 spiro atoms. The molecule has 8 heteroatoms. The maximum absolute atomic E-state index is 11.3. The number of aryl methyl sites for hydroxylation is 1. The van der Waals surface area contributed by atoms with Crippen molar-refractivity contribution < 1.29 is 15.0 Å². The van der Waals surface area contributed by atoms with Gasteiger partial charge in [-0.15, -0.1) is 0 Å². The highest BCUT2D eigenvalue weighted by molar-refractivity contribution is 5.89. The predicted octanol–water partition coefficient (Wildman–Crippen LogP) is -0.613. The molecule has 0 bridgehead atoms. The van der Waals surface area contributed by atoms with Crippen LogP contribution in [0.4, 0.5) is 5.82 Å². The average Bonchev–Trinajstić information content (AvgIpc) is 2.93. The Morgan fingerprint density at radius 2 is 2.26 bits per heavy atom. The van der Waals surface area contributed by atoms with E-state index in [0.29, 0.717) is 16.9 Å². The molecule has 1 aliphatic rings. The summed E-state index contributed by atoms with van der Waals surface area (Å²) in [6.45, 7) is 0.248. The minimum atomic E-state index is -0.966. The lowest BCUT2D eigenvalue weighted by molar-refractivity contribution is -0.138. The normalized spacial score (nSPS) is 23.2. The van der Waals surface area contributed by atoms with Crippen LogP contribution < -0.4 is 4.90 Å². The fourth-order valence-corrected chi connectivity index (χ4v) is 2.46. The van der Waals surface area contributed by atoms with Gasteiger partial charge >= 0.3 is 5.97 Å². The number of hydrogen-bond acceptors (Lipinski definition) is 6. The number of β-amino-alcohol motifs (C(OH)–C–C–N with tert-alkyl or cyclic N) is 1. The van der Waals surface area contributed by atoms with E-state index in [1.165, 1.54) is 6.33 Å². The van der Waals surface area contributed by atoms with Crippen LogP contribution in [0.3, 0.4) is 0 Å². The summed E-state index contributed by atoms with van der Waals surface area (Å²) in [7, 11) is 1.76. The summed E-state index contributed by atoms with van der Waals surface area (Å²) in [6, 6.07) is -0.770. The SMILES string of the molecule is Cn1ncc2c(N3CC(O)CC3C(=O)O)ncnc21. The molecule has 2 N–H and O–H groups in total. The standard InChI is InChI=1S/C11H13N5O3/c1-15-9-7(3-14-15)10(13-5-12-9)16-4-6(17)2-8(16)11(18)19/h3,5-6,8,17H,2,4H2,1H3,(H,18,19). The van der Waals surface area contributed by atoms with Gasteiger partial charge in [0, 0.05) is 20.0 Å². The van der Waals surface area contributed by atoms with Crippen LogP contribution >= 0.6 is 0 Å². The minimum absolute atomic E-state index is 0.196. The van der Waals surface area contributed by atoms with Crippen molar-refractivity contribution in [3.05, 3.63) is 12.5 Å². The third-order valence-electron chi connectivity index (χ3n) is 3.34. The van der Waals surface area contributed by atoms with Crippen LogP contribution in [0.2, 0.25) is 0 Å². The van der Waals surface area contributed by atoms with Gasteiger partial charge in [0.25, 0.3) is 0 Å². The van der Waals surface area contributed by atoms with Gasteiger partial charge in [0.15, 0.2) is 5.65 Å². The van der Waals surface area contributed by atoms with E-state index in [9.17, 15) is 15.0 Å². The van der Waals surface area contributed by atoms with Gasteiger partial charge in [-0.25, -0.2) is 14.8 Å². The second kappa shape index (κ2) is 4.16. The number of anilines is 1. The lowest BCUT2D eigenvalue weighted by Gasteiger charge is -2.22. The van der Waals surface area contributed by atoms with Crippen LogP contribution in [0.5, 0.6) is 0 Å². The Kier molecular flexibility index (Phi) is 2.59. The van der Waals surface area contributed by atoms with Gasteiger partial charge in [0.05, 0.1) is 17.7 Å². The third-order valence-corrected chi connectivity index (χ3v) is 3.34. The van der Waals surface area contributed by atoms with Crippen LogP contribution in [0.1, 0.15) is 6.42 Å². The minimum Gasteiger partial charge on any atom is -0.480 e. The summed E-state index contributed by atoms with van der Waals surface area (Å²) in [5.41, 5.74) is 0.635. The average molecular weight is 263 g/mol. The van der Waals surface area contributed by atoms with E-state index in [0.717, 1.165) is 0 Å². The second-order valence-corrected chi connectivity index (χ2v) is 4.60. The maximum Gasteiger partial charge on any atom is 0.326 e. The number of nitrogens with zero attached hydrogens (tertiary/aromatic N) is 5. The predicted molar refractivity (Wildman–Crippen MR) is 65.7 cm³/mol. The van der Waals surface area contributed by atoms with E-state index in [2.05, 4.69) is 15.1 Å². The van der Waals surface area contributed by atoms with Crippen LogP contribution in [0, 0.1) is 0 Å². The molecule has 0 radical (unpaired) electrons. The van der Waals surface area contributed by atoms with Crippen molar-refractivity contribution in [2.45, 2.75) is 18.6 Å².